The molecule has 0 saturated heterocycles. The van der Waals surface area contributed by atoms with Crippen molar-refractivity contribution >= 4 is 29.0 Å². The summed E-state index contributed by atoms with van der Waals surface area (Å²) < 4.78 is 0. The molecule has 0 aromatic carbocycles. The van der Waals surface area contributed by atoms with E-state index in [1.807, 2.05) is 5.38 Å². The van der Waals surface area contributed by atoms with Gasteiger partial charge in [-0.15, -0.1) is 11.3 Å². The predicted octanol–water partition coefficient (Wildman–Crippen LogP) is 1.53. The van der Waals surface area contributed by atoms with Gasteiger partial charge >= 0.3 is 12.0 Å². The third-order valence-corrected chi connectivity index (χ3v) is 3.20. The number of hydrogen-bond donors (Lipinski definition) is 3. The third kappa shape index (κ3) is 5.19. The van der Waals surface area contributed by atoms with E-state index in [0.29, 0.717) is 24.3 Å². The first-order valence-electron chi connectivity index (χ1n) is 6.22. The molecule has 0 radical (unpaired) electrons. The molecule has 2 amide bonds. The highest BCUT2D eigenvalue weighted by atomic mass is 32.1. The fourth-order valence-corrected chi connectivity index (χ4v) is 2.19. The molecule has 0 saturated carbocycles. The number of carboxylic acid groups (broad SMARTS) is 1. The maximum absolute atomic E-state index is 11.6. The van der Waals surface area contributed by atoms with Crippen LogP contribution in [-0.4, -0.2) is 33.6 Å². The summed E-state index contributed by atoms with van der Waals surface area (Å²) in [6.07, 6.45) is 1.96. The Hall–Kier alpha value is -2.48. The van der Waals surface area contributed by atoms with E-state index in [2.05, 4.69) is 20.6 Å². The number of thiazole rings is 1. The van der Waals surface area contributed by atoms with Gasteiger partial charge in [-0.3, -0.25) is 9.78 Å². The SMILES string of the molecule is O=C(O)Cc1ccc(NC(=O)NCCc2cscn2)cn1. The number of nitrogens with one attached hydrogen (secondary N) is 2. The van der Waals surface area contributed by atoms with Gasteiger partial charge in [0.15, 0.2) is 0 Å². The van der Waals surface area contributed by atoms with Crippen LogP contribution in [0.15, 0.2) is 29.2 Å². The summed E-state index contributed by atoms with van der Waals surface area (Å²) in [5.74, 6) is -0.942. The fourth-order valence-electron chi connectivity index (χ4n) is 1.60. The van der Waals surface area contributed by atoms with Crippen molar-refractivity contribution in [1.29, 1.82) is 0 Å². The number of aliphatic carboxylic acids is 1. The fraction of sp³-hybridized carbons (Fsp3) is 0.231. The molecule has 3 N–H and O–H groups in total. The number of amides is 2. The summed E-state index contributed by atoms with van der Waals surface area (Å²) in [5, 5.41) is 15.9. The Balaban J connectivity index is 1.75. The smallest absolute Gasteiger partial charge is 0.319 e. The normalized spacial score (nSPS) is 10.1. The van der Waals surface area contributed by atoms with Crippen molar-refractivity contribution in [3.8, 4) is 0 Å². The molecule has 2 aromatic heterocycles. The second-order valence-electron chi connectivity index (χ2n) is 4.22. The van der Waals surface area contributed by atoms with Gasteiger partial charge in [0.25, 0.3) is 0 Å². The van der Waals surface area contributed by atoms with Crippen molar-refractivity contribution < 1.29 is 14.7 Å². The molecule has 8 heteroatoms. The Labute approximate surface area is 125 Å². The molecule has 2 aromatic rings. The van der Waals surface area contributed by atoms with Crippen molar-refractivity contribution in [2.24, 2.45) is 0 Å². The molecule has 0 aliphatic carbocycles. The summed E-state index contributed by atoms with van der Waals surface area (Å²) in [6.45, 7) is 0.486. The quantitative estimate of drug-likeness (QED) is 0.750. The topological polar surface area (TPSA) is 104 Å². The second-order valence-corrected chi connectivity index (χ2v) is 4.94. The lowest BCUT2D eigenvalue weighted by atomic mass is 10.2. The number of carboxylic acids is 1. The molecule has 0 aliphatic heterocycles. The molecule has 7 nitrogen and oxygen atoms in total. The van der Waals surface area contributed by atoms with Crippen LogP contribution in [0, 0.1) is 0 Å². The molecule has 110 valence electrons. The summed E-state index contributed by atoms with van der Waals surface area (Å²) in [6, 6.07) is 2.85. The van der Waals surface area contributed by atoms with Crippen molar-refractivity contribution in [2.75, 3.05) is 11.9 Å². The van der Waals surface area contributed by atoms with Crippen LogP contribution in [0.5, 0.6) is 0 Å². The van der Waals surface area contributed by atoms with E-state index in [1.165, 1.54) is 17.5 Å². The lowest BCUT2D eigenvalue weighted by Crippen LogP contribution is -2.30. The number of urea groups is 1. The number of rotatable bonds is 6. The van der Waals surface area contributed by atoms with Gasteiger partial charge < -0.3 is 15.7 Å². The van der Waals surface area contributed by atoms with Crippen molar-refractivity contribution in [3.63, 3.8) is 0 Å². The molecule has 0 aliphatic rings. The van der Waals surface area contributed by atoms with Gasteiger partial charge in [0.2, 0.25) is 0 Å². The summed E-state index contributed by atoms with van der Waals surface area (Å²) in [5.41, 5.74) is 3.65. The highest BCUT2D eigenvalue weighted by Crippen LogP contribution is 2.06. The molecule has 0 spiro atoms. The van der Waals surface area contributed by atoms with E-state index in [9.17, 15) is 9.59 Å². The van der Waals surface area contributed by atoms with Crippen LogP contribution in [0.25, 0.3) is 0 Å². The van der Waals surface area contributed by atoms with Gasteiger partial charge in [-0.2, -0.15) is 0 Å². The minimum atomic E-state index is -0.942. The largest absolute Gasteiger partial charge is 0.481 e. The van der Waals surface area contributed by atoms with Gasteiger partial charge in [0, 0.05) is 18.3 Å². The van der Waals surface area contributed by atoms with Gasteiger partial charge in [-0.1, -0.05) is 0 Å². The molecule has 0 bridgehead atoms. The maximum atomic E-state index is 11.6. The maximum Gasteiger partial charge on any atom is 0.319 e. The second kappa shape index (κ2) is 7.34. The number of carbonyl (C=O) groups excluding carboxylic acids is 1. The van der Waals surface area contributed by atoms with Crippen molar-refractivity contribution in [3.05, 3.63) is 40.6 Å². The Morgan fingerprint density at radius 3 is 2.71 bits per heavy atom. The van der Waals surface area contributed by atoms with Crippen LogP contribution >= 0.6 is 11.3 Å². The Morgan fingerprint density at radius 1 is 1.24 bits per heavy atom. The van der Waals surface area contributed by atoms with E-state index < -0.39 is 5.97 Å². The molecule has 2 heterocycles. The molecular formula is C13H14N4O3S. The van der Waals surface area contributed by atoms with Crippen LogP contribution in [-0.2, 0) is 17.6 Å². The molecule has 21 heavy (non-hydrogen) atoms. The lowest BCUT2D eigenvalue weighted by Gasteiger charge is -2.07. The van der Waals surface area contributed by atoms with E-state index in [-0.39, 0.29) is 12.5 Å². The third-order valence-electron chi connectivity index (χ3n) is 2.57. The van der Waals surface area contributed by atoms with Gasteiger partial charge in [-0.25, -0.2) is 9.78 Å². The van der Waals surface area contributed by atoms with Crippen LogP contribution in [0.2, 0.25) is 0 Å². The van der Waals surface area contributed by atoms with Gasteiger partial charge in [-0.05, 0) is 12.1 Å². The first-order valence-corrected chi connectivity index (χ1v) is 7.16. The Bertz CT molecular complexity index is 598. The Kier molecular flexibility index (Phi) is 5.22. The number of hydrogen-bond acceptors (Lipinski definition) is 5. The van der Waals surface area contributed by atoms with Crippen LogP contribution < -0.4 is 10.6 Å². The van der Waals surface area contributed by atoms with Crippen molar-refractivity contribution in [1.82, 2.24) is 15.3 Å². The summed E-state index contributed by atoms with van der Waals surface area (Å²) in [4.78, 5) is 30.2. The molecule has 0 unspecified atom stereocenters. The zero-order chi connectivity index (χ0) is 15.1. The summed E-state index contributed by atoms with van der Waals surface area (Å²) in [7, 11) is 0. The molecular weight excluding hydrogens is 292 g/mol. The van der Waals surface area contributed by atoms with E-state index >= 15 is 0 Å². The minimum Gasteiger partial charge on any atom is -0.481 e. The Morgan fingerprint density at radius 2 is 2.10 bits per heavy atom. The van der Waals surface area contributed by atoms with Gasteiger partial charge in [0.1, 0.15) is 0 Å². The van der Waals surface area contributed by atoms with Crippen molar-refractivity contribution in [2.45, 2.75) is 12.8 Å². The van der Waals surface area contributed by atoms with Crippen LogP contribution in [0.4, 0.5) is 10.5 Å². The highest BCUT2D eigenvalue weighted by molar-refractivity contribution is 7.07. The number of nitrogens with zero attached hydrogens (tertiary/aromatic N) is 2. The summed E-state index contributed by atoms with van der Waals surface area (Å²) >= 11 is 1.52. The average molecular weight is 306 g/mol. The molecule has 0 atom stereocenters. The van der Waals surface area contributed by atoms with Gasteiger partial charge in [0.05, 0.1) is 35.2 Å². The number of anilines is 1. The molecule has 0 fully saturated rings. The monoisotopic (exact) mass is 306 g/mol. The van der Waals surface area contributed by atoms with E-state index in [1.54, 1.807) is 17.6 Å². The molecule has 2 rings (SSSR count). The van der Waals surface area contributed by atoms with Crippen LogP contribution in [0.3, 0.4) is 0 Å². The lowest BCUT2D eigenvalue weighted by molar-refractivity contribution is -0.136. The highest BCUT2D eigenvalue weighted by Gasteiger charge is 2.04. The predicted molar refractivity (Wildman–Crippen MR) is 78.4 cm³/mol. The standard InChI is InChI=1S/C13H14N4O3S/c18-12(19)5-9-1-2-10(6-15-9)17-13(20)14-4-3-11-7-21-8-16-11/h1-2,6-8H,3-5H2,(H,18,19)(H2,14,17,20). The average Bonchev–Trinajstić information content (AvgIpc) is 2.93. The zero-order valence-corrected chi connectivity index (χ0v) is 11.9. The van der Waals surface area contributed by atoms with E-state index in [4.69, 9.17) is 5.11 Å². The minimum absolute atomic E-state index is 0.139. The van der Waals surface area contributed by atoms with Crippen LogP contribution in [0.1, 0.15) is 11.4 Å². The number of aromatic nitrogens is 2. The first kappa shape index (κ1) is 14.9. The number of carbonyl (C=O) groups is 2. The number of pyridine rings is 1. The van der Waals surface area contributed by atoms with E-state index in [0.717, 1.165) is 5.69 Å². The first-order chi connectivity index (χ1) is 10.1. The zero-order valence-electron chi connectivity index (χ0n) is 11.1.